The Hall–Kier alpha value is -2.69. The monoisotopic (exact) mass is 365 g/mol. The molecular weight excluding hydrogens is 338 g/mol. The molecule has 0 bridgehead atoms. The molecule has 5 nitrogen and oxygen atoms in total. The normalized spacial score (nSPS) is 16.9. The number of likely N-dealkylation sites (tertiary alicyclic amines) is 1. The number of benzene rings is 1. The Kier molecular flexibility index (Phi) is 5.89. The molecule has 1 aromatic heterocycles. The first kappa shape index (κ1) is 19.1. The van der Waals surface area contributed by atoms with Gasteiger partial charge in [-0.2, -0.15) is 0 Å². The Bertz CT molecular complexity index is 847. The summed E-state index contributed by atoms with van der Waals surface area (Å²) < 4.78 is 0. The van der Waals surface area contributed by atoms with Crippen LogP contribution >= 0.6 is 0 Å². The van der Waals surface area contributed by atoms with Crippen LogP contribution in [0.25, 0.3) is 0 Å². The molecule has 1 N–H and O–H groups in total. The van der Waals surface area contributed by atoms with Gasteiger partial charge in [0.15, 0.2) is 0 Å². The van der Waals surface area contributed by atoms with Crippen molar-refractivity contribution in [3.05, 3.63) is 58.9 Å². The van der Waals surface area contributed by atoms with Crippen LogP contribution in [0, 0.1) is 13.8 Å². The van der Waals surface area contributed by atoms with E-state index in [1.54, 1.807) is 12.1 Å². The van der Waals surface area contributed by atoms with Gasteiger partial charge in [-0.05, 0) is 74.9 Å². The predicted octanol–water partition coefficient (Wildman–Crippen LogP) is 4.36. The highest BCUT2D eigenvalue weighted by molar-refractivity contribution is 6.04. The van der Waals surface area contributed by atoms with Crippen LogP contribution in [0.2, 0.25) is 0 Å². The lowest BCUT2D eigenvalue weighted by Crippen LogP contribution is -2.43. The lowest BCUT2D eigenvalue weighted by Gasteiger charge is -2.35. The van der Waals surface area contributed by atoms with Gasteiger partial charge >= 0.3 is 0 Å². The fourth-order valence-corrected chi connectivity index (χ4v) is 3.56. The molecule has 142 valence electrons. The van der Waals surface area contributed by atoms with Crippen LogP contribution in [0.1, 0.15) is 64.6 Å². The zero-order chi connectivity index (χ0) is 19.4. The topological polar surface area (TPSA) is 62.3 Å². The molecule has 1 aromatic carbocycles. The van der Waals surface area contributed by atoms with Crippen molar-refractivity contribution >= 4 is 17.5 Å². The molecule has 1 atom stereocenters. The second kappa shape index (κ2) is 8.33. The number of amides is 2. The number of anilines is 1. The smallest absolute Gasteiger partial charge is 0.274 e. The summed E-state index contributed by atoms with van der Waals surface area (Å²) in [6.07, 6.45) is 5.74. The van der Waals surface area contributed by atoms with Crippen molar-refractivity contribution in [2.45, 2.75) is 52.5 Å². The highest BCUT2D eigenvalue weighted by Gasteiger charge is 2.26. The van der Waals surface area contributed by atoms with E-state index in [9.17, 15) is 9.59 Å². The number of carbonyl (C=O) groups excluding carboxylic acids is 2. The molecule has 2 heterocycles. The summed E-state index contributed by atoms with van der Waals surface area (Å²) >= 11 is 0. The van der Waals surface area contributed by atoms with Gasteiger partial charge in [0, 0.05) is 30.0 Å². The van der Waals surface area contributed by atoms with Gasteiger partial charge in [-0.3, -0.25) is 14.6 Å². The van der Waals surface area contributed by atoms with Crippen molar-refractivity contribution < 1.29 is 9.59 Å². The van der Waals surface area contributed by atoms with E-state index >= 15 is 0 Å². The Morgan fingerprint density at radius 2 is 1.96 bits per heavy atom. The zero-order valence-electron chi connectivity index (χ0n) is 16.3. The summed E-state index contributed by atoms with van der Waals surface area (Å²) in [4.78, 5) is 31.6. The number of carbonyl (C=O) groups is 2. The third-order valence-corrected chi connectivity index (χ3v) is 5.36. The Labute approximate surface area is 160 Å². The number of rotatable bonds is 4. The van der Waals surface area contributed by atoms with Gasteiger partial charge in [-0.25, -0.2) is 0 Å². The molecule has 1 saturated heterocycles. The molecule has 1 fully saturated rings. The van der Waals surface area contributed by atoms with Crippen LogP contribution in [0.4, 0.5) is 5.69 Å². The number of nitrogens with zero attached hydrogens (tertiary/aromatic N) is 2. The van der Waals surface area contributed by atoms with Crippen LogP contribution in [-0.4, -0.2) is 34.3 Å². The molecule has 27 heavy (non-hydrogen) atoms. The second-order valence-corrected chi connectivity index (χ2v) is 7.24. The average molecular weight is 365 g/mol. The number of hydrogen-bond acceptors (Lipinski definition) is 3. The first-order chi connectivity index (χ1) is 13.0. The minimum Gasteiger partial charge on any atom is -0.336 e. The Balaban J connectivity index is 1.77. The van der Waals surface area contributed by atoms with E-state index in [1.165, 1.54) is 18.2 Å². The second-order valence-electron chi connectivity index (χ2n) is 7.24. The lowest BCUT2D eigenvalue weighted by molar-refractivity contribution is 0.0608. The average Bonchev–Trinajstić information content (AvgIpc) is 2.70. The summed E-state index contributed by atoms with van der Waals surface area (Å²) in [5, 5.41) is 2.87. The molecule has 1 unspecified atom stereocenters. The molecule has 2 amide bonds. The van der Waals surface area contributed by atoms with Crippen LogP contribution in [0.15, 0.2) is 36.5 Å². The van der Waals surface area contributed by atoms with Crippen LogP contribution in [0.3, 0.4) is 0 Å². The predicted molar refractivity (Wildman–Crippen MR) is 107 cm³/mol. The number of pyridine rings is 1. The fraction of sp³-hybridized carbons (Fsp3) is 0.409. The van der Waals surface area contributed by atoms with E-state index < -0.39 is 0 Å². The minimum atomic E-state index is -0.307. The van der Waals surface area contributed by atoms with Crippen molar-refractivity contribution in [2.24, 2.45) is 0 Å². The third-order valence-electron chi connectivity index (χ3n) is 5.36. The molecular formula is C22H27N3O2. The van der Waals surface area contributed by atoms with Gasteiger partial charge in [-0.1, -0.05) is 13.0 Å². The maximum Gasteiger partial charge on any atom is 0.274 e. The number of aryl methyl sites for hydroxylation is 2. The van der Waals surface area contributed by atoms with Gasteiger partial charge in [0.1, 0.15) is 5.69 Å². The highest BCUT2D eigenvalue weighted by Crippen LogP contribution is 2.22. The highest BCUT2D eigenvalue weighted by atomic mass is 16.2. The lowest BCUT2D eigenvalue weighted by atomic mass is 9.99. The van der Waals surface area contributed by atoms with Crippen LogP contribution in [-0.2, 0) is 0 Å². The summed E-state index contributed by atoms with van der Waals surface area (Å²) in [6.45, 7) is 6.93. The van der Waals surface area contributed by atoms with E-state index in [2.05, 4.69) is 17.2 Å². The molecule has 3 rings (SSSR count). The molecule has 0 spiro atoms. The van der Waals surface area contributed by atoms with E-state index in [1.807, 2.05) is 36.9 Å². The molecule has 1 aliphatic rings. The van der Waals surface area contributed by atoms with E-state index in [4.69, 9.17) is 0 Å². The molecule has 2 aromatic rings. The van der Waals surface area contributed by atoms with E-state index in [0.29, 0.717) is 5.56 Å². The van der Waals surface area contributed by atoms with Gasteiger partial charge in [0.25, 0.3) is 11.8 Å². The van der Waals surface area contributed by atoms with E-state index in [0.717, 1.165) is 37.1 Å². The van der Waals surface area contributed by atoms with Crippen LogP contribution < -0.4 is 5.32 Å². The molecule has 5 heteroatoms. The number of nitrogens with one attached hydrogen (secondary N) is 1. The quantitative estimate of drug-likeness (QED) is 0.876. The van der Waals surface area contributed by atoms with Crippen molar-refractivity contribution in [3.63, 3.8) is 0 Å². The third kappa shape index (κ3) is 4.35. The maximum atomic E-state index is 13.0. The molecule has 0 aliphatic carbocycles. The number of aromatic nitrogens is 1. The molecule has 0 saturated carbocycles. The van der Waals surface area contributed by atoms with E-state index in [-0.39, 0.29) is 23.6 Å². The zero-order valence-corrected chi connectivity index (χ0v) is 16.3. The number of piperidine rings is 1. The molecule has 0 radical (unpaired) electrons. The first-order valence-corrected chi connectivity index (χ1v) is 9.65. The van der Waals surface area contributed by atoms with Crippen molar-refractivity contribution in [2.75, 3.05) is 11.9 Å². The summed E-state index contributed by atoms with van der Waals surface area (Å²) in [5.41, 5.74) is 3.79. The Morgan fingerprint density at radius 1 is 1.15 bits per heavy atom. The van der Waals surface area contributed by atoms with Crippen molar-refractivity contribution in [1.29, 1.82) is 0 Å². The minimum absolute atomic E-state index is 0.0100. The van der Waals surface area contributed by atoms with Gasteiger partial charge in [0.2, 0.25) is 0 Å². The maximum absolute atomic E-state index is 13.0. The van der Waals surface area contributed by atoms with Crippen molar-refractivity contribution in [1.82, 2.24) is 9.88 Å². The largest absolute Gasteiger partial charge is 0.336 e. The SMILES string of the molecule is CCC1CCCCN1C(=O)c1ccnc(C(=O)Nc2ccc(C)c(C)c2)c1. The number of hydrogen-bond donors (Lipinski definition) is 1. The summed E-state index contributed by atoms with van der Waals surface area (Å²) in [6, 6.07) is 9.35. The summed E-state index contributed by atoms with van der Waals surface area (Å²) in [5.74, 6) is -0.317. The molecule has 1 aliphatic heterocycles. The van der Waals surface area contributed by atoms with Gasteiger partial charge in [0.05, 0.1) is 0 Å². The summed E-state index contributed by atoms with van der Waals surface area (Å²) in [7, 11) is 0. The Morgan fingerprint density at radius 3 is 2.70 bits per heavy atom. The first-order valence-electron chi connectivity index (χ1n) is 9.65. The van der Waals surface area contributed by atoms with Gasteiger partial charge in [-0.15, -0.1) is 0 Å². The standard InChI is InChI=1S/C22H27N3O2/c1-4-19-7-5-6-12-25(19)22(27)17-10-11-23-20(14-17)21(26)24-18-9-8-15(2)16(3)13-18/h8-11,13-14,19H,4-7,12H2,1-3H3,(H,24,26). The van der Waals surface area contributed by atoms with Crippen molar-refractivity contribution in [3.8, 4) is 0 Å². The van der Waals surface area contributed by atoms with Crippen LogP contribution in [0.5, 0.6) is 0 Å². The fourth-order valence-electron chi connectivity index (χ4n) is 3.56. The van der Waals surface area contributed by atoms with Gasteiger partial charge < -0.3 is 10.2 Å².